The number of fused-ring (bicyclic) bond motifs is 1. The third kappa shape index (κ3) is 4.11. The molecule has 0 aliphatic heterocycles. The first-order valence-electron chi connectivity index (χ1n) is 9.40. The number of rotatable bonds is 5. The van der Waals surface area contributed by atoms with E-state index in [2.05, 4.69) is 0 Å². The van der Waals surface area contributed by atoms with Gasteiger partial charge in [0.2, 0.25) is 0 Å². The molecule has 29 heavy (non-hydrogen) atoms. The van der Waals surface area contributed by atoms with Gasteiger partial charge in [-0.25, -0.2) is 4.39 Å². The van der Waals surface area contributed by atoms with Gasteiger partial charge in [-0.1, -0.05) is 49.4 Å². The zero-order chi connectivity index (χ0) is 20.2. The lowest BCUT2D eigenvalue weighted by atomic mass is 9.99. The third-order valence-corrected chi connectivity index (χ3v) is 4.60. The molecule has 0 heterocycles. The number of carbonyl (C=O) groups is 1. The molecule has 144 valence electrons. The minimum absolute atomic E-state index is 0.283. The lowest BCUT2D eigenvalue weighted by molar-refractivity contribution is -0.134. The predicted molar refractivity (Wildman–Crippen MR) is 112 cm³/mol. The fourth-order valence-electron chi connectivity index (χ4n) is 3.11. The first-order chi connectivity index (χ1) is 14.1. The van der Waals surface area contributed by atoms with Crippen LogP contribution in [-0.4, -0.2) is 5.97 Å². The average molecular weight is 386 g/mol. The monoisotopic (exact) mass is 386 g/mol. The number of esters is 1. The summed E-state index contributed by atoms with van der Waals surface area (Å²) in [5, 5.41) is 2.00. The molecule has 0 spiro atoms. The highest BCUT2D eigenvalue weighted by Gasteiger charge is 2.13. The summed E-state index contributed by atoms with van der Waals surface area (Å²) in [6.07, 6.45) is 0.315. The van der Waals surface area contributed by atoms with Crippen molar-refractivity contribution in [1.82, 2.24) is 0 Å². The molecule has 0 radical (unpaired) electrons. The van der Waals surface area contributed by atoms with Crippen LogP contribution in [0.25, 0.3) is 21.9 Å². The van der Waals surface area contributed by atoms with Crippen molar-refractivity contribution in [2.45, 2.75) is 13.3 Å². The SMILES string of the molecule is CCC(=O)Oc1ccc(Oc2c(-c3ccc(F)cc3)ccc3ccccc23)cc1. The smallest absolute Gasteiger partial charge is 0.310 e. The highest BCUT2D eigenvalue weighted by molar-refractivity contribution is 5.95. The van der Waals surface area contributed by atoms with Crippen LogP contribution in [-0.2, 0) is 4.79 Å². The molecule has 0 aliphatic carbocycles. The van der Waals surface area contributed by atoms with Crippen molar-refractivity contribution in [3.8, 4) is 28.4 Å². The van der Waals surface area contributed by atoms with Crippen LogP contribution in [0, 0.1) is 5.82 Å². The van der Waals surface area contributed by atoms with Gasteiger partial charge in [0.25, 0.3) is 0 Å². The van der Waals surface area contributed by atoms with Gasteiger partial charge in [-0.2, -0.15) is 0 Å². The van der Waals surface area contributed by atoms with Gasteiger partial charge < -0.3 is 9.47 Å². The Labute approximate surface area is 168 Å². The maximum atomic E-state index is 13.4. The van der Waals surface area contributed by atoms with Gasteiger partial charge in [0.15, 0.2) is 0 Å². The molecule has 4 rings (SSSR count). The first kappa shape index (κ1) is 18.7. The molecule has 0 amide bonds. The second-order valence-electron chi connectivity index (χ2n) is 6.57. The first-order valence-corrected chi connectivity index (χ1v) is 9.40. The van der Waals surface area contributed by atoms with Crippen LogP contribution in [0.15, 0.2) is 84.9 Å². The second kappa shape index (κ2) is 8.15. The van der Waals surface area contributed by atoms with E-state index in [1.807, 2.05) is 36.4 Å². The molecule has 0 aliphatic rings. The van der Waals surface area contributed by atoms with Crippen molar-refractivity contribution in [3.05, 3.63) is 90.7 Å². The lowest BCUT2D eigenvalue weighted by Gasteiger charge is -2.15. The summed E-state index contributed by atoms with van der Waals surface area (Å²) in [6, 6.07) is 25.2. The van der Waals surface area contributed by atoms with E-state index in [0.29, 0.717) is 23.7 Å². The van der Waals surface area contributed by atoms with Gasteiger partial charge in [0.05, 0.1) is 0 Å². The van der Waals surface area contributed by atoms with Crippen LogP contribution >= 0.6 is 0 Å². The zero-order valence-corrected chi connectivity index (χ0v) is 15.9. The van der Waals surface area contributed by atoms with Gasteiger partial charge in [-0.15, -0.1) is 0 Å². The summed E-state index contributed by atoms with van der Waals surface area (Å²) < 4.78 is 24.9. The summed E-state index contributed by atoms with van der Waals surface area (Å²) in [5.74, 6) is 1.20. The van der Waals surface area contributed by atoms with E-state index in [9.17, 15) is 9.18 Å². The molecule has 0 bridgehead atoms. The molecule has 4 aromatic rings. The van der Waals surface area contributed by atoms with Gasteiger partial charge >= 0.3 is 5.97 Å². The Hall–Kier alpha value is -3.66. The second-order valence-corrected chi connectivity index (χ2v) is 6.57. The summed E-state index contributed by atoms with van der Waals surface area (Å²) >= 11 is 0. The minimum atomic E-state index is -0.286. The van der Waals surface area contributed by atoms with E-state index < -0.39 is 0 Å². The van der Waals surface area contributed by atoms with Crippen molar-refractivity contribution in [3.63, 3.8) is 0 Å². The Balaban J connectivity index is 1.74. The third-order valence-electron chi connectivity index (χ3n) is 4.60. The largest absolute Gasteiger partial charge is 0.456 e. The Morgan fingerprint density at radius 3 is 2.24 bits per heavy atom. The molecular weight excluding hydrogens is 367 g/mol. The molecule has 4 heteroatoms. The van der Waals surface area contributed by atoms with Crippen molar-refractivity contribution in [1.29, 1.82) is 0 Å². The number of ether oxygens (including phenoxy) is 2. The topological polar surface area (TPSA) is 35.5 Å². The standard InChI is InChI=1S/C25H19FO3/c1-2-24(27)28-20-12-14-21(15-13-20)29-25-22-6-4-3-5-17(22)9-16-23(25)18-7-10-19(26)11-8-18/h3-16H,2H2,1H3. The van der Waals surface area contributed by atoms with Gasteiger partial charge in [-0.05, 0) is 53.4 Å². The Bertz CT molecular complexity index is 1150. The fourth-order valence-corrected chi connectivity index (χ4v) is 3.11. The van der Waals surface area contributed by atoms with Crippen LogP contribution in [0.4, 0.5) is 4.39 Å². The molecule has 0 atom stereocenters. The maximum Gasteiger partial charge on any atom is 0.310 e. The summed E-state index contributed by atoms with van der Waals surface area (Å²) in [7, 11) is 0. The van der Waals surface area contributed by atoms with E-state index in [1.54, 1.807) is 43.3 Å². The molecule has 0 aromatic heterocycles. The van der Waals surface area contributed by atoms with Crippen LogP contribution < -0.4 is 9.47 Å². The van der Waals surface area contributed by atoms with Crippen molar-refractivity contribution >= 4 is 16.7 Å². The van der Waals surface area contributed by atoms with Crippen molar-refractivity contribution in [2.24, 2.45) is 0 Å². The minimum Gasteiger partial charge on any atom is -0.456 e. The van der Waals surface area contributed by atoms with Crippen LogP contribution in [0.1, 0.15) is 13.3 Å². The molecule has 0 saturated carbocycles. The molecule has 0 N–H and O–H groups in total. The normalized spacial score (nSPS) is 10.7. The summed E-state index contributed by atoms with van der Waals surface area (Å²) in [6.45, 7) is 1.75. The molecule has 4 aromatic carbocycles. The lowest BCUT2D eigenvalue weighted by Crippen LogP contribution is -2.05. The van der Waals surface area contributed by atoms with Crippen LogP contribution in [0.5, 0.6) is 17.2 Å². The van der Waals surface area contributed by atoms with Crippen LogP contribution in [0.3, 0.4) is 0 Å². The average Bonchev–Trinajstić information content (AvgIpc) is 2.76. The highest BCUT2D eigenvalue weighted by atomic mass is 19.1. The molecule has 3 nitrogen and oxygen atoms in total. The number of hydrogen-bond acceptors (Lipinski definition) is 3. The van der Waals surface area contributed by atoms with Crippen molar-refractivity contribution in [2.75, 3.05) is 0 Å². The van der Waals surface area contributed by atoms with E-state index in [0.717, 1.165) is 21.9 Å². The van der Waals surface area contributed by atoms with E-state index in [-0.39, 0.29) is 11.8 Å². The number of halogens is 1. The summed E-state index contributed by atoms with van der Waals surface area (Å²) in [5.41, 5.74) is 1.73. The van der Waals surface area contributed by atoms with Gasteiger partial charge in [0, 0.05) is 17.4 Å². The van der Waals surface area contributed by atoms with E-state index in [4.69, 9.17) is 9.47 Å². The Kier molecular flexibility index (Phi) is 5.25. The molecule has 0 fully saturated rings. The van der Waals surface area contributed by atoms with Gasteiger partial charge in [-0.3, -0.25) is 4.79 Å². The predicted octanol–water partition coefficient (Wildman–Crippen LogP) is 6.75. The highest BCUT2D eigenvalue weighted by Crippen LogP contribution is 2.39. The van der Waals surface area contributed by atoms with Crippen molar-refractivity contribution < 1.29 is 18.7 Å². The van der Waals surface area contributed by atoms with Gasteiger partial charge in [0.1, 0.15) is 23.1 Å². The zero-order valence-electron chi connectivity index (χ0n) is 15.9. The number of hydrogen-bond donors (Lipinski definition) is 0. The number of benzene rings is 4. The molecule has 0 unspecified atom stereocenters. The number of carbonyl (C=O) groups excluding carboxylic acids is 1. The van der Waals surface area contributed by atoms with Crippen LogP contribution in [0.2, 0.25) is 0 Å². The van der Waals surface area contributed by atoms with E-state index >= 15 is 0 Å². The quantitative estimate of drug-likeness (QED) is 0.281. The van der Waals surface area contributed by atoms with E-state index in [1.165, 1.54) is 12.1 Å². The Morgan fingerprint density at radius 2 is 1.52 bits per heavy atom. The molecular formula is C25H19FO3. The Morgan fingerprint density at radius 1 is 0.828 bits per heavy atom. The molecule has 0 saturated heterocycles. The maximum absolute atomic E-state index is 13.4. The summed E-state index contributed by atoms with van der Waals surface area (Å²) in [4.78, 5) is 11.4. The fraction of sp³-hybridized carbons (Fsp3) is 0.0800.